The van der Waals surface area contributed by atoms with Crippen molar-refractivity contribution in [2.45, 2.75) is 102 Å². The van der Waals surface area contributed by atoms with Gasteiger partial charge >= 0.3 is 0 Å². The Balaban J connectivity index is 1.16. The smallest absolute Gasteiger partial charge is 0.253 e. The lowest BCUT2D eigenvalue weighted by Gasteiger charge is -2.27. The van der Waals surface area contributed by atoms with Crippen LogP contribution >= 0.6 is 11.8 Å². The maximum Gasteiger partial charge on any atom is 0.253 e. The van der Waals surface area contributed by atoms with Crippen LogP contribution in [0.15, 0.2) is 136 Å². The Morgan fingerprint density at radius 3 is 2.24 bits per heavy atom. The third-order valence-corrected chi connectivity index (χ3v) is 13.4. The van der Waals surface area contributed by atoms with Gasteiger partial charge in [0.1, 0.15) is 6.54 Å². The summed E-state index contributed by atoms with van der Waals surface area (Å²) in [5.74, 6) is -0.770. The molecule has 306 valence electrons. The fraction of sp³-hybridized carbons (Fsp3) is 0.373. The summed E-state index contributed by atoms with van der Waals surface area (Å²) >= 11 is 1.85. The van der Waals surface area contributed by atoms with Crippen LogP contribution in [0.5, 0.6) is 0 Å². The number of aryl methyl sites for hydroxylation is 1. The predicted molar refractivity (Wildman–Crippen MR) is 242 cm³/mol. The second-order valence-corrected chi connectivity index (χ2v) is 18.1. The van der Waals surface area contributed by atoms with Crippen LogP contribution in [0.1, 0.15) is 96.8 Å². The van der Waals surface area contributed by atoms with Crippen LogP contribution < -0.4 is 10.2 Å². The number of para-hydroxylation sites is 2. The number of allylic oxidation sites excluding steroid dienone is 7. The molecule has 3 amide bonds. The van der Waals surface area contributed by atoms with Crippen LogP contribution in [-0.4, -0.2) is 59.1 Å². The number of imide groups is 1. The van der Waals surface area contributed by atoms with Crippen LogP contribution in [-0.2, 0) is 31.6 Å². The molecule has 0 spiro atoms. The highest BCUT2D eigenvalue weighted by atomic mass is 32.2. The van der Waals surface area contributed by atoms with E-state index in [-0.39, 0.29) is 41.6 Å². The van der Waals surface area contributed by atoms with E-state index in [1.807, 2.05) is 11.8 Å². The summed E-state index contributed by atoms with van der Waals surface area (Å²) in [4.78, 5) is 42.4. The Kier molecular flexibility index (Phi) is 12.8. The Morgan fingerprint density at radius 2 is 1.51 bits per heavy atom. The average Bonchev–Trinajstić information content (AvgIpc) is 3.75. The van der Waals surface area contributed by atoms with Crippen LogP contribution in [0, 0.1) is 0 Å². The van der Waals surface area contributed by atoms with E-state index >= 15 is 0 Å². The summed E-state index contributed by atoms with van der Waals surface area (Å²) in [5.41, 5.74) is 11.7. The van der Waals surface area contributed by atoms with Gasteiger partial charge in [-0.25, -0.2) is 0 Å². The van der Waals surface area contributed by atoms with Crippen LogP contribution in [0.2, 0.25) is 0 Å². The van der Waals surface area contributed by atoms with Crippen molar-refractivity contribution >= 4 is 46.6 Å². The predicted octanol–water partition coefficient (Wildman–Crippen LogP) is 10.3. The quantitative estimate of drug-likeness (QED) is 0.122. The van der Waals surface area contributed by atoms with Gasteiger partial charge in [0.2, 0.25) is 11.6 Å². The molecule has 3 heterocycles. The van der Waals surface area contributed by atoms with Crippen molar-refractivity contribution in [3.63, 3.8) is 0 Å². The van der Waals surface area contributed by atoms with E-state index in [2.05, 4.69) is 153 Å². The summed E-state index contributed by atoms with van der Waals surface area (Å²) < 4.78 is 2.53. The molecule has 0 saturated carbocycles. The zero-order valence-electron chi connectivity index (χ0n) is 35.6. The highest BCUT2D eigenvalue weighted by Crippen LogP contribution is 2.48. The number of carbonyl (C=O) groups is 3. The summed E-state index contributed by atoms with van der Waals surface area (Å²) in [5, 5.41) is 2.85. The summed E-state index contributed by atoms with van der Waals surface area (Å²) in [6.07, 6.45) is 18.4. The lowest BCUT2D eigenvalue weighted by atomic mass is 9.81. The van der Waals surface area contributed by atoms with E-state index in [0.717, 1.165) is 55.7 Å². The van der Waals surface area contributed by atoms with Crippen molar-refractivity contribution in [2.75, 3.05) is 31.1 Å². The molecule has 3 aromatic carbocycles. The van der Waals surface area contributed by atoms with E-state index in [0.29, 0.717) is 12.8 Å². The molecule has 8 heteroatoms. The fourth-order valence-electron chi connectivity index (χ4n) is 9.07. The number of hydrogen-bond donors (Lipinski definition) is 1. The number of nitrogens with zero attached hydrogens (tertiary/aromatic N) is 3. The largest absolute Gasteiger partial charge is 0.354 e. The fourth-order valence-corrected chi connectivity index (χ4v) is 10.2. The molecule has 3 aliphatic heterocycles. The molecule has 7 nitrogen and oxygen atoms in total. The molecule has 0 bridgehead atoms. The Hall–Kier alpha value is -5.21. The first-order chi connectivity index (χ1) is 28.4. The topological polar surface area (TPSA) is 72.7 Å². The SMILES string of the molecule is CCCN1/C(=C/C=C2\CCCC(/C=C/C3=[N+](CCC)c4ccccc4C3(C)C)=C2Sc2ccc(CCC(=O)NCCN3C(=O)C=CC3=O)cc2)C(C)(C)c2ccccc21. The van der Waals surface area contributed by atoms with Crippen LogP contribution in [0.3, 0.4) is 0 Å². The number of anilines is 1. The Labute approximate surface area is 355 Å². The van der Waals surface area contributed by atoms with E-state index in [1.165, 1.54) is 67.0 Å². The molecule has 0 atom stereocenters. The Bertz CT molecular complexity index is 2290. The molecular weight excluding hydrogens is 749 g/mol. The lowest BCUT2D eigenvalue weighted by molar-refractivity contribution is -0.437. The highest BCUT2D eigenvalue weighted by Gasteiger charge is 2.44. The molecule has 7 rings (SSSR count). The van der Waals surface area contributed by atoms with Crippen molar-refractivity contribution in [1.82, 2.24) is 10.2 Å². The van der Waals surface area contributed by atoms with Gasteiger partial charge in [-0.3, -0.25) is 19.3 Å². The first-order valence-electron chi connectivity index (χ1n) is 21.5. The summed E-state index contributed by atoms with van der Waals surface area (Å²) in [6, 6.07) is 26.4. The second kappa shape index (κ2) is 18.0. The molecule has 0 saturated heterocycles. The third kappa shape index (κ3) is 8.74. The summed E-state index contributed by atoms with van der Waals surface area (Å²) in [6.45, 7) is 16.3. The molecular formula is C51H59N4O3S+. The van der Waals surface area contributed by atoms with Crippen LogP contribution in [0.4, 0.5) is 11.4 Å². The van der Waals surface area contributed by atoms with Crippen molar-refractivity contribution < 1.29 is 19.0 Å². The van der Waals surface area contributed by atoms with Crippen molar-refractivity contribution in [2.24, 2.45) is 0 Å². The normalized spacial score (nSPS) is 19.6. The minimum absolute atomic E-state index is 0.0989. The zero-order chi connectivity index (χ0) is 41.7. The molecule has 0 fully saturated rings. The molecule has 0 aromatic heterocycles. The monoisotopic (exact) mass is 807 g/mol. The van der Waals surface area contributed by atoms with Crippen molar-refractivity contribution in [3.8, 4) is 0 Å². The summed E-state index contributed by atoms with van der Waals surface area (Å²) in [7, 11) is 0. The van der Waals surface area contributed by atoms with Crippen molar-refractivity contribution in [3.05, 3.63) is 148 Å². The van der Waals surface area contributed by atoms with Crippen LogP contribution in [0.25, 0.3) is 0 Å². The molecule has 0 unspecified atom stereocenters. The first-order valence-corrected chi connectivity index (χ1v) is 22.3. The molecule has 1 N–H and O–H groups in total. The van der Waals surface area contributed by atoms with E-state index in [4.69, 9.17) is 0 Å². The molecule has 0 radical (unpaired) electrons. The van der Waals surface area contributed by atoms with Gasteiger partial charge in [0.25, 0.3) is 11.8 Å². The van der Waals surface area contributed by atoms with Gasteiger partial charge in [0, 0.05) is 88.9 Å². The number of rotatable bonds is 15. The molecule has 4 aliphatic rings. The number of benzene rings is 3. The van der Waals surface area contributed by atoms with E-state index < -0.39 is 0 Å². The number of hydrogen-bond acceptors (Lipinski definition) is 5. The number of nitrogens with one attached hydrogen (secondary N) is 1. The maximum atomic E-state index is 12.6. The standard InChI is InChI=1S/C51H58N4O3S/c1-7-33-53-42-18-11-9-16-40(42)50(3,4)44(53)27-23-37-14-13-15-38(24-28-45-51(5,6)41-17-10-12-19-43(41)54(45)34-8-2)49(37)59-39-25-20-36(21-26-39)22-29-46(56)52-32-35-55-47(57)30-31-48(55)58/h9-12,16-21,23-28,30-31H,7-8,13-15,22,29,32-35H2,1-6H3/p+1. The van der Waals surface area contributed by atoms with Gasteiger partial charge in [-0.1, -0.05) is 100 Å². The highest BCUT2D eigenvalue weighted by molar-refractivity contribution is 8.03. The maximum absolute atomic E-state index is 12.6. The van der Waals surface area contributed by atoms with Gasteiger partial charge in [-0.2, -0.15) is 4.58 Å². The first kappa shape index (κ1) is 41.9. The van der Waals surface area contributed by atoms with Crippen molar-refractivity contribution in [1.29, 1.82) is 0 Å². The molecule has 59 heavy (non-hydrogen) atoms. The minimum atomic E-state index is -0.336. The van der Waals surface area contributed by atoms with Gasteiger partial charge in [-0.15, -0.1) is 0 Å². The third-order valence-electron chi connectivity index (χ3n) is 12.2. The van der Waals surface area contributed by atoms with Gasteiger partial charge in [0.15, 0.2) is 5.71 Å². The van der Waals surface area contributed by atoms with E-state index in [1.54, 1.807) is 0 Å². The number of thioether (sulfide) groups is 1. The second-order valence-electron chi connectivity index (χ2n) is 17.0. The number of carbonyl (C=O) groups excluding carboxylic acids is 3. The van der Waals surface area contributed by atoms with E-state index in [9.17, 15) is 14.4 Å². The van der Waals surface area contributed by atoms with Gasteiger partial charge in [-0.05, 0) is 92.5 Å². The number of fused-ring (bicyclic) bond motifs is 2. The van der Waals surface area contributed by atoms with Gasteiger partial charge < -0.3 is 10.2 Å². The minimum Gasteiger partial charge on any atom is -0.354 e. The zero-order valence-corrected chi connectivity index (χ0v) is 36.5. The lowest BCUT2D eigenvalue weighted by Crippen LogP contribution is -2.38. The average molecular weight is 808 g/mol. The molecule has 1 aliphatic carbocycles. The Morgan fingerprint density at radius 1 is 0.797 bits per heavy atom. The number of amides is 3. The molecule has 3 aromatic rings. The van der Waals surface area contributed by atoms with Gasteiger partial charge in [0.05, 0.1) is 5.41 Å².